The maximum absolute atomic E-state index is 5.49. The summed E-state index contributed by atoms with van der Waals surface area (Å²) in [6.45, 7) is 0.656. The Balaban J connectivity index is 2.43. The Morgan fingerprint density at radius 3 is 2.92 bits per heavy atom. The molecule has 12 heavy (non-hydrogen) atoms. The third kappa shape index (κ3) is 1.16. The lowest BCUT2D eigenvalue weighted by molar-refractivity contribution is 1.08. The largest absolute Gasteiger partial charge is 0.327 e. The normalized spacial score (nSPS) is 18.2. The number of rotatable bonds is 1. The number of benzene rings is 1. The molecule has 0 fully saturated rings. The number of hydrogen-bond donors (Lipinski definition) is 1. The van der Waals surface area contributed by atoms with Crippen molar-refractivity contribution in [3.05, 3.63) is 41.5 Å². The summed E-state index contributed by atoms with van der Waals surface area (Å²) in [7, 11) is 0. The second-order valence-corrected chi connectivity index (χ2v) is 3.12. The average Bonchev–Trinajstić information content (AvgIpc) is 2.50. The molecule has 0 saturated carbocycles. The van der Waals surface area contributed by atoms with Crippen LogP contribution in [0.4, 0.5) is 0 Å². The van der Waals surface area contributed by atoms with Gasteiger partial charge in [-0.05, 0) is 29.5 Å². The van der Waals surface area contributed by atoms with Gasteiger partial charge < -0.3 is 5.73 Å². The van der Waals surface area contributed by atoms with Gasteiger partial charge in [0.1, 0.15) is 0 Å². The summed E-state index contributed by atoms with van der Waals surface area (Å²) in [5, 5.41) is 0. The van der Waals surface area contributed by atoms with Crippen LogP contribution in [0.1, 0.15) is 17.5 Å². The molecule has 0 atom stereocenters. The standard InChI is InChI=1S/C11H13N/c12-8-7-10-6-5-9-3-1-2-4-11(9)10/h1-4,7H,5-6,8,12H2. The summed E-state index contributed by atoms with van der Waals surface area (Å²) >= 11 is 0. The molecule has 0 spiro atoms. The van der Waals surface area contributed by atoms with Gasteiger partial charge in [-0.3, -0.25) is 0 Å². The van der Waals surface area contributed by atoms with Gasteiger partial charge in [-0.25, -0.2) is 0 Å². The van der Waals surface area contributed by atoms with Crippen LogP contribution in [-0.4, -0.2) is 6.54 Å². The molecule has 1 nitrogen and oxygen atoms in total. The van der Waals surface area contributed by atoms with Crippen LogP contribution in [0.15, 0.2) is 30.3 Å². The van der Waals surface area contributed by atoms with Gasteiger partial charge >= 0.3 is 0 Å². The minimum atomic E-state index is 0.656. The number of allylic oxidation sites excluding steroid dienone is 1. The van der Waals surface area contributed by atoms with Crippen molar-refractivity contribution in [2.45, 2.75) is 12.8 Å². The topological polar surface area (TPSA) is 26.0 Å². The molecule has 1 aliphatic rings. The van der Waals surface area contributed by atoms with E-state index in [1.54, 1.807) is 0 Å². The Hall–Kier alpha value is -1.08. The Bertz CT molecular complexity index is 313. The third-order valence-electron chi connectivity index (χ3n) is 2.39. The molecule has 0 unspecified atom stereocenters. The Morgan fingerprint density at radius 1 is 1.25 bits per heavy atom. The van der Waals surface area contributed by atoms with E-state index >= 15 is 0 Å². The van der Waals surface area contributed by atoms with Crippen LogP contribution in [0.3, 0.4) is 0 Å². The van der Waals surface area contributed by atoms with Gasteiger partial charge in [-0.1, -0.05) is 30.3 Å². The van der Waals surface area contributed by atoms with E-state index in [-0.39, 0.29) is 0 Å². The molecule has 1 aromatic rings. The number of hydrogen-bond acceptors (Lipinski definition) is 1. The highest BCUT2D eigenvalue weighted by atomic mass is 14.5. The maximum atomic E-state index is 5.49. The van der Waals surface area contributed by atoms with E-state index in [0.717, 1.165) is 6.42 Å². The molecule has 0 aromatic heterocycles. The second kappa shape index (κ2) is 3.11. The molecule has 1 aromatic carbocycles. The van der Waals surface area contributed by atoms with E-state index in [0.29, 0.717) is 6.54 Å². The Kier molecular flexibility index (Phi) is 1.96. The molecule has 62 valence electrons. The highest BCUT2D eigenvalue weighted by Gasteiger charge is 2.13. The molecule has 0 radical (unpaired) electrons. The van der Waals surface area contributed by atoms with Crippen LogP contribution >= 0.6 is 0 Å². The van der Waals surface area contributed by atoms with E-state index in [1.165, 1.54) is 23.1 Å². The van der Waals surface area contributed by atoms with Crippen molar-refractivity contribution >= 4 is 5.57 Å². The lowest BCUT2D eigenvalue weighted by Gasteiger charge is -1.98. The molecule has 0 amide bonds. The molecule has 1 heteroatoms. The van der Waals surface area contributed by atoms with Crippen LogP contribution in [0.5, 0.6) is 0 Å². The summed E-state index contributed by atoms with van der Waals surface area (Å²) in [6.07, 6.45) is 4.48. The predicted octanol–water partition coefficient (Wildman–Crippen LogP) is 1.97. The van der Waals surface area contributed by atoms with E-state index in [9.17, 15) is 0 Å². The molecule has 0 aliphatic heterocycles. The molecular weight excluding hydrogens is 146 g/mol. The molecule has 0 heterocycles. The van der Waals surface area contributed by atoms with Crippen LogP contribution in [0, 0.1) is 0 Å². The minimum absolute atomic E-state index is 0.656. The van der Waals surface area contributed by atoms with Gasteiger partial charge in [0.2, 0.25) is 0 Å². The van der Waals surface area contributed by atoms with Crippen molar-refractivity contribution in [2.75, 3.05) is 6.54 Å². The van der Waals surface area contributed by atoms with Gasteiger partial charge in [0, 0.05) is 6.54 Å². The fourth-order valence-electron chi connectivity index (χ4n) is 1.81. The highest BCUT2D eigenvalue weighted by molar-refractivity contribution is 5.72. The van der Waals surface area contributed by atoms with Gasteiger partial charge in [-0.15, -0.1) is 0 Å². The molecule has 0 bridgehead atoms. The van der Waals surface area contributed by atoms with Crippen molar-refractivity contribution < 1.29 is 0 Å². The third-order valence-corrected chi connectivity index (χ3v) is 2.39. The van der Waals surface area contributed by atoms with Crippen molar-refractivity contribution in [1.29, 1.82) is 0 Å². The quantitative estimate of drug-likeness (QED) is 0.666. The van der Waals surface area contributed by atoms with Gasteiger partial charge in [0.15, 0.2) is 0 Å². The van der Waals surface area contributed by atoms with E-state index < -0.39 is 0 Å². The zero-order chi connectivity index (χ0) is 8.39. The fraction of sp³-hybridized carbons (Fsp3) is 0.273. The number of aryl methyl sites for hydroxylation is 1. The first-order valence-corrected chi connectivity index (χ1v) is 4.39. The van der Waals surface area contributed by atoms with E-state index in [1.807, 2.05) is 0 Å². The first-order valence-electron chi connectivity index (χ1n) is 4.39. The zero-order valence-corrected chi connectivity index (χ0v) is 7.09. The summed E-state index contributed by atoms with van der Waals surface area (Å²) in [5.41, 5.74) is 9.79. The first kappa shape index (κ1) is 7.56. The molecule has 2 N–H and O–H groups in total. The van der Waals surface area contributed by atoms with Crippen molar-refractivity contribution in [2.24, 2.45) is 5.73 Å². The second-order valence-electron chi connectivity index (χ2n) is 3.12. The molecular formula is C11H13N. The SMILES string of the molecule is NCC=C1CCc2ccccc21. The maximum Gasteiger partial charge on any atom is 0.0112 e. The Labute approximate surface area is 72.9 Å². The molecule has 1 aliphatic carbocycles. The van der Waals surface area contributed by atoms with E-state index in [2.05, 4.69) is 30.3 Å². The van der Waals surface area contributed by atoms with Gasteiger partial charge in [0.05, 0.1) is 0 Å². The predicted molar refractivity (Wildman–Crippen MR) is 51.8 cm³/mol. The Morgan fingerprint density at radius 2 is 2.08 bits per heavy atom. The average molecular weight is 159 g/mol. The highest BCUT2D eigenvalue weighted by Crippen LogP contribution is 2.31. The summed E-state index contributed by atoms with van der Waals surface area (Å²) in [6, 6.07) is 8.58. The van der Waals surface area contributed by atoms with Gasteiger partial charge in [0.25, 0.3) is 0 Å². The van der Waals surface area contributed by atoms with E-state index in [4.69, 9.17) is 5.73 Å². The van der Waals surface area contributed by atoms with Crippen LogP contribution in [0.2, 0.25) is 0 Å². The lowest BCUT2D eigenvalue weighted by atomic mass is 10.1. The molecule has 0 saturated heterocycles. The first-order chi connectivity index (χ1) is 5.92. The molecule has 2 rings (SSSR count). The van der Waals surface area contributed by atoms with Crippen molar-refractivity contribution in [1.82, 2.24) is 0 Å². The summed E-state index contributed by atoms with van der Waals surface area (Å²) < 4.78 is 0. The van der Waals surface area contributed by atoms with Crippen LogP contribution in [-0.2, 0) is 6.42 Å². The lowest BCUT2D eigenvalue weighted by Crippen LogP contribution is -1.94. The summed E-state index contributed by atoms with van der Waals surface area (Å²) in [4.78, 5) is 0. The van der Waals surface area contributed by atoms with Gasteiger partial charge in [-0.2, -0.15) is 0 Å². The minimum Gasteiger partial charge on any atom is -0.327 e. The zero-order valence-electron chi connectivity index (χ0n) is 7.09. The summed E-state index contributed by atoms with van der Waals surface area (Å²) in [5.74, 6) is 0. The number of fused-ring (bicyclic) bond motifs is 1. The van der Waals surface area contributed by atoms with Crippen LogP contribution < -0.4 is 5.73 Å². The monoisotopic (exact) mass is 159 g/mol. The fourth-order valence-corrected chi connectivity index (χ4v) is 1.81. The van der Waals surface area contributed by atoms with Crippen molar-refractivity contribution in [3.8, 4) is 0 Å². The smallest absolute Gasteiger partial charge is 0.0112 e. The number of nitrogens with two attached hydrogens (primary N) is 1. The van der Waals surface area contributed by atoms with Crippen LogP contribution in [0.25, 0.3) is 5.57 Å². The van der Waals surface area contributed by atoms with Crippen molar-refractivity contribution in [3.63, 3.8) is 0 Å².